The van der Waals surface area contributed by atoms with Crippen molar-refractivity contribution in [1.29, 1.82) is 0 Å². The number of hydrogen-bond acceptors (Lipinski definition) is 3. The Hall–Kier alpha value is -3.15. The van der Waals surface area contributed by atoms with Crippen molar-refractivity contribution >= 4 is 23.4 Å². The first-order valence-electron chi connectivity index (χ1n) is 10.8. The molecule has 0 aromatic heterocycles. The van der Waals surface area contributed by atoms with E-state index in [1.807, 2.05) is 48.5 Å². The third-order valence-electron chi connectivity index (χ3n) is 5.44. The van der Waals surface area contributed by atoms with E-state index < -0.39 is 0 Å². The number of anilines is 1. The SMILES string of the molecule is CC(C)(C)c1ccc(C(=O)NCCC(=O)NCc2cccc(N3CCCC3=O)c2)cc1. The molecular formula is C25H31N3O3. The smallest absolute Gasteiger partial charge is 0.251 e. The lowest BCUT2D eigenvalue weighted by Crippen LogP contribution is -2.30. The summed E-state index contributed by atoms with van der Waals surface area (Å²) < 4.78 is 0. The second kappa shape index (κ2) is 9.77. The average Bonchev–Trinajstić information content (AvgIpc) is 3.18. The summed E-state index contributed by atoms with van der Waals surface area (Å²) in [5.74, 6) is -0.174. The molecule has 1 fully saturated rings. The number of nitrogens with zero attached hydrogens (tertiary/aromatic N) is 1. The summed E-state index contributed by atoms with van der Waals surface area (Å²) in [6.45, 7) is 7.78. The van der Waals surface area contributed by atoms with Crippen LogP contribution in [0.15, 0.2) is 48.5 Å². The van der Waals surface area contributed by atoms with E-state index in [1.54, 1.807) is 4.90 Å². The zero-order valence-corrected chi connectivity index (χ0v) is 18.5. The molecule has 0 radical (unpaired) electrons. The van der Waals surface area contributed by atoms with Gasteiger partial charge < -0.3 is 15.5 Å². The van der Waals surface area contributed by atoms with Crippen LogP contribution in [-0.4, -0.2) is 30.8 Å². The Balaban J connectivity index is 1.42. The Bertz CT molecular complexity index is 945. The van der Waals surface area contributed by atoms with E-state index in [2.05, 4.69) is 31.4 Å². The number of carbonyl (C=O) groups excluding carboxylic acids is 3. The van der Waals surface area contributed by atoms with Crippen LogP contribution < -0.4 is 15.5 Å². The van der Waals surface area contributed by atoms with Gasteiger partial charge in [0.1, 0.15) is 0 Å². The maximum Gasteiger partial charge on any atom is 0.251 e. The number of hydrogen-bond donors (Lipinski definition) is 2. The van der Waals surface area contributed by atoms with Crippen LogP contribution >= 0.6 is 0 Å². The van der Waals surface area contributed by atoms with Crippen molar-refractivity contribution in [3.05, 3.63) is 65.2 Å². The molecule has 6 heteroatoms. The lowest BCUT2D eigenvalue weighted by atomic mass is 9.87. The second-order valence-electron chi connectivity index (χ2n) is 8.93. The molecule has 0 atom stereocenters. The van der Waals surface area contributed by atoms with Gasteiger partial charge in [-0.2, -0.15) is 0 Å². The quantitative estimate of drug-likeness (QED) is 0.718. The highest BCUT2D eigenvalue weighted by molar-refractivity contribution is 5.95. The van der Waals surface area contributed by atoms with Gasteiger partial charge in [0.25, 0.3) is 5.91 Å². The first-order valence-corrected chi connectivity index (χ1v) is 10.8. The van der Waals surface area contributed by atoms with Crippen molar-refractivity contribution in [3.63, 3.8) is 0 Å². The van der Waals surface area contributed by atoms with E-state index in [4.69, 9.17) is 0 Å². The molecule has 0 saturated carbocycles. The standard InChI is InChI=1S/C25H31N3O3/c1-25(2,3)20-11-9-19(10-12-20)24(31)26-14-13-22(29)27-17-18-6-4-7-21(16-18)28-15-5-8-23(28)30/h4,6-7,9-12,16H,5,8,13-15,17H2,1-3H3,(H,26,31)(H,27,29). The summed E-state index contributed by atoms with van der Waals surface area (Å²) in [6, 6.07) is 15.2. The molecule has 164 valence electrons. The van der Waals surface area contributed by atoms with Crippen molar-refractivity contribution in [2.24, 2.45) is 0 Å². The van der Waals surface area contributed by atoms with E-state index in [0.717, 1.165) is 24.2 Å². The third kappa shape index (κ3) is 6.17. The molecule has 2 N–H and O–H groups in total. The molecule has 31 heavy (non-hydrogen) atoms. The van der Waals surface area contributed by atoms with Crippen LogP contribution in [-0.2, 0) is 21.5 Å². The van der Waals surface area contributed by atoms with Gasteiger partial charge in [0.05, 0.1) is 0 Å². The highest BCUT2D eigenvalue weighted by Gasteiger charge is 2.21. The van der Waals surface area contributed by atoms with Crippen LogP contribution in [0, 0.1) is 0 Å². The van der Waals surface area contributed by atoms with E-state index in [1.165, 1.54) is 5.56 Å². The summed E-state index contributed by atoms with van der Waals surface area (Å²) in [6.07, 6.45) is 1.68. The first kappa shape index (κ1) is 22.5. The van der Waals surface area contributed by atoms with Crippen LogP contribution in [0.5, 0.6) is 0 Å². The van der Waals surface area contributed by atoms with Crippen LogP contribution in [0.4, 0.5) is 5.69 Å². The molecule has 0 spiro atoms. The number of benzene rings is 2. The molecule has 0 aliphatic carbocycles. The summed E-state index contributed by atoms with van der Waals surface area (Å²) >= 11 is 0. The van der Waals surface area contributed by atoms with Crippen molar-refractivity contribution < 1.29 is 14.4 Å². The molecule has 2 aromatic rings. The highest BCUT2D eigenvalue weighted by Crippen LogP contribution is 2.23. The van der Waals surface area contributed by atoms with Gasteiger partial charge in [-0.15, -0.1) is 0 Å². The van der Waals surface area contributed by atoms with Crippen LogP contribution in [0.25, 0.3) is 0 Å². The van der Waals surface area contributed by atoms with Crippen LogP contribution in [0.3, 0.4) is 0 Å². The fourth-order valence-corrected chi connectivity index (χ4v) is 3.56. The van der Waals surface area contributed by atoms with Crippen molar-refractivity contribution in [2.45, 2.75) is 52.0 Å². The molecule has 0 unspecified atom stereocenters. The summed E-state index contributed by atoms with van der Waals surface area (Å²) in [5, 5.41) is 5.67. The molecule has 0 bridgehead atoms. The molecule has 6 nitrogen and oxygen atoms in total. The van der Waals surface area contributed by atoms with Gasteiger partial charge in [0, 0.05) is 43.7 Å². The largest absolute Gasteiger partial charge is 0.352 e. The summed E-state index contributed by atoms with van der Waals surface area (Å²) in [4.78, 5) is 38.1. The molecule has 1 heterocycles. The highest BCUT2D eigenvalue weighted by atomic mass is 16.2. The molecule has 3 rings (SSSR count). The molecule has 2 aromatic carbocycles. The predicted molar refractivity (Wildman–Crippen MR) is 122 cm³/mol. The van der Waals surface area contributed by atoms with Gasteiger partial charge in [-0.05, 0) is 47.2 Å². The average molecular weight is 422 g/mol. The van der Waals surface area contributed by atoms with Gasteiger partial charge in [0.15, 0.2) is 0 Å². The van der Waals surface area contributed by atoms with Crippen molar-refractivity contribution in [1.82, 2.24) is 10.6 Å². The van der Waals surface area contributed by atoms with E-state index >= 15 is 0 Å². The monoisotopic (exact) mass is 421 g/mol. The Kier molecular flexibility index (Phi) is 7.10. The molecular weight excluding hydrogens is 390 g/mol. The number of rotatable bonds is 7. The molecule has 3 amide bonds. The van der Waals surface area contributed by atoms with Crippen molar-refractivity contribution in [3.8, 4) is 0 Å². The lowest BCUT2D eigenvalue weighted by Gasteiger charge is -2.19. The second-order valence-corrected chi connectivity index (χ2v) is 8.93. The Morgan fingerprint density at radius 2 is 1.77 bits per heavy atom. The van der Waals surface area contributed by atoms with Crippen molar-refractivity contribution in [2.75, 3.05) is 18.0 Å². The van der Waals surface area contributed by atoms with Gasteiger partial charge in [0.2, 0.25) is 11.8 Å². The Morgan fingerprint density at radius 1 is 1.03 bits per heavy atom. The zero-order chi connectivity index (χ0) is 22.4. The number of nitrogens with one attached hydrogen (secondary N) is 2. The molecule has 1 aliphatic rings. The van der Waals surface area contributed by atoms with Crippen LogP contribution in [0.2, 0.25) is 0 Å². The minimum atomic E-state index is -0.184. The maximum absolute atomic E-state index is 12.3. The fraction of sp³-hybridized carbons (Fsp3) is 0.400. The predicted octanol–water partition coefficient (Wildman–Crippen LogP) is 3.55. The third-order valence-corrected chi connectivity index (χ3v) is 5.44. The van der Waals surface area contributed by atoms with E-state index in [0.29, 0.717) is 18.5 Å². The molecule has 1 aliphatic heterocycles. The lowest BCUT2D eigenvalue weighted by molar-refractivity contribution is -0.121. The normalized spacial score (nSPS) is 13.9. The van der Waals surface area contributed by atoms with E-state index in [-0.39, 0.29) is 36.1 Å². The minimum Gasteiger partial charge on any atom is -0.352 e. The molecule has 1 saturated heterocycles. The maximum atomic E-state index is 12.3. The van der Waals surface area contributed by atoms with Crippen LogP contribution in [0.1, 0.15) is 61.5 Å². The van der Waals surface area contributed by atoms with Gasteiger partial charge >= 0.3 is 0 Å². The first-order chi connectivity index (χ1) is 14.7. The number of carbonyl (C=O) groups is 3. The van der Waals surface area contributed by atoms with Gasteiger partial charge in [-0.1, -0.05) is 45.0 Å². The van der Waals surface area contributed by atoms with E-state index in [9.17, 15) is 14.4 Å². The summed E-state index contributed by atoms with van der Waals surface area (Å²) in [5.41, 5.74) is 3.60. The van der Waals surface area contributed by atoms with Gasteiger partial charge in [-0.25, -0.2) is 0 Å². The number of amides is 3. The summed E-state index contributed by atoms with van der Waals surface area (Å²) in [7, 11) is 0. The Morgan fingerprint density at radius 3 is 2.42 bits per heavy atom. The minimum absolute atomic E-state index is 0.0383. The fourth-order valence-electron chi connectivity index (χ4n) is 3.56. The Labute approximate surface area is 184 Å². The van der Waals surface area contributed by atoms with Gasteiger partial charge in [-0.3, -0.25) is 14.4 Å². The zero-order valence-electron chi connectivity index (χ0n) is 18.5. The topological polar surface area (TPSA) is 78.5 Å².